The van der Waals surface area contributed by atoms with Gasteiger partial charge in [0.1, 0.15) is 0 Å². The molecule has 1 aromatic rings. The van der Waals surface area contributed by atoms with E-state index in [4.69, 9.17) is 4.74 Å². The molecule has 3 nitrogen and oxygen atoms in total. The zero-order valence-corrected chi connectivity index (χ0v) is 12.2. The Bertz CT molecular complexity index is 358. The van der Waals surface area contributed by atoms with Crippen LogP contribution in [0.3, 0.4) is 0 Å². The topological polar surface area (TPSA) is 27.1 Å². The molecule has 4 heteroatoms. The molecular weight excluding hydrogens is 280 g/mol. The fourth-order valence-electron chi connectivity index (χ4n) is 2.23. The minimum atomic E-state index is 0.259. The highest BCUT2D eigenvalue weighted by Crippen LogP contribution is 2.34. The lowest BCUT2D eigenvalue weighted by molar-refractivity contribution is 0.161. The molecule has 2 atom stereocenters. The van der Waals surface area contributed by atoms with Gasteiger partial charge in [0, 0.05) is 36.0 Å². The molecule has 0 aliphatic carbocycles. The van der Waals surface area contributed by atoms with Crippen molar-refractivity contribution in [3.8, 4) is 0 Å². The highest BCUT2D eigenvalue weighted by Gasteiger charge is 2.34. The van der Waals surface area contributed by atoms with E-state index in [0.29, 0.717) is 6.04 Å². The summed E-state index contributed by atoms with van der Waals surface area (Å²) in [6.45, 7) is 6.14. The molecule has 1 fully saturated rings. The van der Waals surface area contributed by atoms with E-state index in [1.165, 1.54) is 5.69 Å². The normalized spacial score (nSPS) is 26.3. The maximum Gasteiger partial charge on any atom is 0.0631 e. The number of alkyl halides is 1. The van der Waals surface area contributed by atoms with Crippen molar-refractivity contribution in [1.29, 1.82) is 0 Å². The molecular formula is C13H21BrN2O. The summed E-state index contributed by atoms with van der Waals surface area (Å²) in [5.74, 6) is 0. The molecule has 0 radical (unpaired) electrons. The van der Waals surface area contributed by atoms with Crippen LogP contribution in [0.1, 0.15) is 38.4 Å². The van der Waals surface area contributed by atoms with E-state index in [0.717, 1.165) is 37.8 Å². The Hall–Kier alpha value is -0.350. The predicted octanol–water partition coefficient (Wildman–Crippen LogP) is 3.20. The largest absolute Gasteiger partial charge is 0.381 e. The molecule has 1 aromatic heterocycles. The molecule has 0 saturated carbocycles. The SMILES string of the molecule is CCC(C)n1ccc(CC2(CBr)CCOC2)n1. The molecule has 2 heterocycles. The zero-order chi connectivity index (χ0) is 12.3. The minimum absolute atomic E-state index is 0.259. The van der Waals surface area contributed by atoms with Crippen LogP contribution in [0.2, 0.25) is 0 Å². The third-order valence-electron chi connectivity index (χ3n) is 3.73. The smallest absolute Gasteiger partial charge is 0.0631 e. The van der Waals surface area contributed by atoms with Crippen molar-refractivity contribution in [3.05, 3.63) is 18.0 Å². The highest BCUT2D eigenvalue weighted by molar-refractivity contribution is 9.09. The Morgan fingerprint density at radius 1 is 1.65 bits per heavy atom. The van der Waals surface area contributed by atoms with Gasteiger partial charge in [-0.15, -0.1) is 0 Å². The van der Waals surface area contributed by atoms with E-state index in [1.54, 1.807) is 0 Å². The van der Waals surface area contributed by atoms with Gasteiger partial charge in [0.25, 0.3) is 0 Å². The van der Waals surface area contributed by atoms with Crippen molar-refractivity contribution in [1.82, 2.24) is 9.78 Å². The van der Waals surface area contributed by atoms with Gasteiger partial charge < -0.3 is 4.74 Å². The van der Waals surface area contributed by atoms with Crippen LogP contribution in [0, 0.1) is 5.41 Å². The summed E-state index contributed by atoms with van der Waals surface area (Å²) in [6.07, 6.45) is 5.37. The van der Waals surface area contributed by atoms with Crippen LogP contribution in [-0.4, -0.2) is 28.3 Å². The van der Waals surface area contributed by atoms with Gasteiger partial charge in [-0.05, 0) is 25.8 Å². The van der Waals surface area contributed by atoms with Gasteiger partial charge in [-0.1, -0.05) is 22.9 Å². The average molecular weight is 301 g/mol. The summed E-state index contributed by atoms with van der Waals surface area (Å²) >= 11 is 3.63. The maximum absolute atomic E-state index is 5.53. The fourth-order valence-corrected chi connectivity index (χ4v) is 2.87. The van der Waals surface area contributed by atoms with Gasteiger partial charge in [-0.25, -0.2) is 0 Å². The quantitative estimate of drug-likeness (QED) is 0.781. The highest BCUT2D eigenvalue weighted by atomic mass is 79.9. The van der Waals surface area contributed by atoms with Gasteiger partial charge >= 0.3 is 0 Å². The molecule has 0 N–H and O–H groups in total. The number of aromatic nitrogens is 2. The third kappa shape index (κ3) is 2.91. The Kier molecular flexibility index (Phi) is 4.26. The summed E-state index contributed by atoms with van der Waals surface area (Å²) in [5, 5.41) is 5.67. The van der Waals surface area contributed by atoms with Crippen LogP contribution in [0.15, 0.2) is 12.3 Å². The Labute approximate surface area is 112 Å². The lowest BCUT2D eigenvalue weighted by atomic mass is 9.85. The van der Waals surface area contributed by atoms with E-state index < -0.39 is 0 Å². The maximum atomic E-state index is 5.53. The first-order valence-corrected chi connectivity index (χ1v) is 7.49. The van der Waals surface area contributed by atoms with E-state index in [-0.39, 0.29) is 5.41 Å². The van der Waals surface area contributed by atoms with Crippen LogP contribution in [0.5, 0.6) is 0 Å². The van der Waals surface area contributed by atoms with Gasteiger partial charge in [0.15, 0.2) is 0 Å². The molecule has 1 aliphatic rings. The second kappa shape index (κ2) is 5.53. The number of rotatable bonds is 5. The lowest BCUT2D eigenvalue weighted by Gasteiger charge is -2.23. The van der Waals surface area contributed by atoms with Crippen LogP contribution in [0.4, 0.5) is 0 Å². The molecule has 2 unspecified atom stereocenters. The molecule has 0 spiro atoms. The van der Waals surface area contributed by atoms with Crippen molar-refractivity contribution in [3.63, 3.8) is 0 Å². The third-order valence-corrected chi connectivity index (χ3v) is 4.92. The van der Waals surface area contributed by atoms with Gasteiger partial charge in [-0.3, -0.25) is 4.68 Å². The van der Waals surface area contributed by atoms with Gasteiger partial charge in [0.05, 0.1) is 12.3 Å². The number of nitrogens with zero attached hydrogens (tertiary/aromatic N) is 2. The van der Waals surface area contributed by atoms with Crippen LogP contribution < -0.4 is 0 Å². The second-order valence-corrected chi connectivity index (χ2v) is 5.72. The monoisotopic (exact) mass is 300 g/mol. The molecule has 1 saturated heterocycles. The molecule has 0 amide bonds. The summed E-state index contributed by atoms with van der Waals surface area (Å²) in [6, 6.07) is 2.64. The van der Waals surface area contributed by atoms with Crippen LogP contribution >= 0.6 is 15.9 Å². The van der Waals surface area contributed by atoms with Crippen LogP contribution in [0.25, 0.3) is 0 Å². The molecule has 17 heavy (non-hydrogen) atoms. The average Bonchev–Trinajstić information content (AvgIpc) is 2.98. The van der Waals surface area contributed by atoms with Crippen molar-refractivity contribution >= 4 is 15.9 Å². The zero-order valence-electron chi connectivity index (χ0n) is 10.7. The van der Waals surface area contributed by atoms with E-state index in [1.807, 2.05) is 0 Å². The fraction of sp³-hybridized carbons (Fsp3) is 0.769. The standard InChI is InChI=1S/C13H21BrN2O/c1-3-11(2)16-6-4-12(15-16)8-13(9-14)5-7-17-10-13/h4,6,11H,3,5,7-10H2,1-2H3. The molecule has 1 aliphatic heterocycles. The first-order valence-electron chi connectivity index (χ1n) is 6.37. The van der Waals surface area contributed by atoms with E-state index in [2.05, 4.69) is 51.8 Å². The molecule has 96 valence electrons. The summed E-state index contributed by atoms with van der Waals surface area (Å²) in [5.41, 5.74) is 1.45. The van der Waals surface area contributed by atoms with E-state index >= 15 is 0 Å². The molecule has 0 bridgehead atoms. The Morgan fingerprint density at radius 2 is 2.47 bits per heavy atom. The summed E-state index contributed by atoms with van der Waals surface area (Å²) in [7, 11) is 0. The minimum Gasteiger partial charge on any atom is -0.381 e. The van der Waals surface area contributed by atoms with Crippen molar-refractivity contribution in [2.45, 2.75) is 39.2 Å². The number of halogens is 1. The second-order valence-electron chi connectivity index (χ2n) is 5.16. The number of hydrogen-bond acceptors (Lipinski definition) is 2. The van der Waals surface area contributed by atoms with Crippen LogP contribution in [-0.2, 0) is 11.2 Å². The van der Waals surface area contributed by atoms with Gasteiger partial charge in [0.2, 0.25) is 0 Å². The lowest BCUT2D eigenvalue weighted by Crippen LogP contribution is -2.26. The number of hydrogen-bond donors (Lipinski definition) is 0. The van der Waals surface area contributed by atoms with E-state index in [9.17, 15) is 0 Å². The van der Waals surface area contributed by atoms with Crippen molar-refractivity contribution in [2.24, 2.45) is 5.41 Å². The van der Waals surface area contributed by atoms with Crippen molar-refractivity contribution < 1.29 is 4.74 Å². The summed E-state index contributed by atoms with van der Waals surface area (Å²) in [4.78, 5) is 0. The summed E-state index contributed by atoms with van der Waals surface area (Å²) < 4.78 is 7.61. The number of ether oxygens (including phenoxy) is 1. The molecule has 0 aromatic carbocycles. The van der Waals surface area contributed by atoms with Crippen molar-refractivity contribution in [2.75, 3.05) is 18.5 Å². The molecule has 2 rings (SSSR count). The Morgan fingerprint density at radius 3 is 3.06 bits per heavy atom. The first kappa shape index (κ1) is 13.1. The predicted molar refractivity (Wildman–Crippen MR) is 72.6 cm³/mol. The Balaban J connectivity index is 2.05. The van der Waals surface area contributed by atoms with Gasteiger partial charge in [-0.2, -0.15) is 5.10 Å². The first-order chi connectivity index (χ1) is 8.19.